The molecular formula is C9H7Cl2NO3. The summed E-state index contributed by atoms with van der Waals surface area (Å²) in [4.78, 5) is 21.4. The molecule has 0 aliphatic carbocycles. The summed E-state index contributed by atoms with van der Waals surface area (Å²) in [5.41, 5.74) is 0.190. The number of rotatable bonds is 2. The van der Waals surface area contributed by atoms with Crippen LogP contribution in [0.1, 0.15) is 17.3 Å². The summed E-state index contributed by atoms with van der Waals surface area (Å²) < 4.78 is 0. The lowest BCUT2D eigenvalue weighted by atomic mass is 10.2. The van der Waals surface area contributed by atoms with Crippen molar-refractivity contribution in [1.29, 1.82) is 0 Å². The van der Waals surface area contributed by atoms with Gasteiger partial charge in [0.2, 0.25) is 5.91 Å². The lowest BCUT2D eigenvalue weighted by Crippen LogP contribution is -2.07. The predicted octanol–water partition coefficient (Wildman–Crippen LogP) is 2.65. The van der Waals surface area contributed by atoms with Crippen LogP contribution in [0.5, 0.6) is 0 Å². The fourth-order valence-electron chi connectivity index (χ4n) is 1.00. The van der Waals surface area contributed by atoms with Crippen molar-refractivity contribution in [2.24, 2.45) is 0 Å². The van der Waals surface area contributed by atoms with E-state index in [1.807, 2.05) is 0 Å². The van der Waals surface area contributed by atoms with Crippen LogP contribution in [0.2, 0.25) is 10.0 Å². The molecule has 1 rings (SSSR count). The highest BCUT2D eigenvalue weighted by atomic mass is 35.5. The number of hydrogen-bond acceptors (Lipinski definition) is 2. The normalized spacial score (nSPS) is 9.80. The van der Waals surface area contributed by atoms with Crippen LogP contribution < -0.4 is 5.32 Å². The van der Waals surface area contributed by atoms with Gasteiger partial charge >= 0.3 is 5.97 Å². The van der Waals surface area contributed by atoms with Crippen LogP contribution >= 0.6 is 23.2 Å². The lowest BCUT2D eigenvalue weighted by Gasteiger charge is -2.07. The van der Waals surface area contributed by atoms with Gasteiger partial charge in [-0.3, -0.25) is 4.79 Å². The second-order valence-corrected chi connectivity index (χ2v) is 3.53. The van der Waals surface area contributed by atoms with E-state index in [2.05, 4.69) is 5.32 Å². The van der Waals surface area contributed by atoms with E-state index in [1.165, 1.54) is 19.1 Å². The molecule has 15 heavy (non-hydrogen) atoms. The van der Waals surface area contributed by atoms with Gasteiger partial charge in [-0.25, -0.2) is 4.79 Å². The van der Waals surface area contributed by atoms with E-state index >= 15 is 0 Å². The van der Waals surface area contributed by atoms with Gasteiger partial charge in [-0.1, -0.05) is 23.2 Å². The molecule has 6 heteroatoms. The summed E-state index contributed by atoms with van der Waals surface area (Å²) in [5.74, 6) is -1.48. The van der Waals surface area contributed by atoms with Gasteiger partial charge in [-0.2, -0.15) is 0 Å². The molecule has 4 nitrogen and oxygen atoms in total. The van der Waals surface area contributed by atoms with Crippen LogP contribution in [0.4, 0.5) is 5.69 Å². The first kappa shape index (κ1) is 11.8. The van der Waals surface area contributed by atoms with E-state index in [9.17, 15) is 9.59 Å². The van der Waals surface area contributed by atoms with Gasteiger partial charge in [0.05, 0.1) is 21.3 Å². The van der Waals surface area contributed by atoms with E-state index in [1.54, 1.807) is 0 Å². The fourth-order valence-corrected chi connectivity index (χ4v) is 1.46. The van der Waals surface area contributed by atoms with Gasteiger partial charge in [-0.15, -0.1) is 0 Å². The number of hydrogen-bond donors (Lipinski definition) is 2. The molecule has 1 aromatic rings. The fraction of sp³-hybridized carbons (Fsp3) is 0.111. The van der Waals surface area contributed by atoms with Gasteiger partial charge in [0.25, 0.3) is 0 Å². The first-order valence-corrected chi connectivity index (χ1v) is 4.68. The maximum absolute atomic E-state index is 10.8. The largest absolute Gasteiger partial charge is 0.478 e. The molecular weight excluding hydrogens is 241 g/mol. The Labute approximate surface area is 95.8 Å². The maximum atomic E-state index is 10.8. The number of nitrogens with one attached hydrogen (secondary N) is 1. The quantitative estimate of drug-likeness (QED) is 0.845. The first-order valence-electron chi connectivity index (χ1n) is 3.92. The molecule has 0 aliphatic rings. The first-order chi connectivity index (χ1) is 6.93. The lowest BCUT2D eigenvalue weighted by molar-refractivity contribution is -0.114. The molecule has 0 heterocycles. The van der Waals surface area contributed by atoms with Crippen molar-refractivity contribution in [2.75, 3.05) is 5.32 Å². The van der Waals surface area contributed by atoms with Crippen LogP contribution in [0, 0.1) is 0 Å². The minimum absolute atomic E-state index is 0.0202. The second-order valence-electron chi connectivity index (χ2n) is 2.77. The smallest absolute Gasteiger partial charge is 0.337 e. The minimum atomic E-state index is -1.17. The van der Waals surface area contributed by atoms with Gasteiger partial charge in [0.1, 0.15) is 0 Å². The summed E-state index contributed by atoms with van der Waals surface area (Å²) in [7, 11) is 0. The van der Waals surface area contributed by atoms with Gasteiger partial charge in [0, 0.05) is 6.92 Å². The van der Waals surface area contributed by atoms with Crippen molar-refractivity contribution >= 4 is 40.8 Å². The zero-order valence-corrected chi connectivity index (χ0v) is 9.19. The summed E-state index contributed by atoms with van der Waals surface area (Å²) in [5, 5.41) is 11.1. The Morgan fingerprint density at radius 1 is 1.27 bits per heavy atom. The topological polar surface area (TPSA) is 66.4 Å². The number of amides is 1. The summed E-state index contributed by atoms with van der Waals surface area (Å²) in [6.45, 7) is 1.31. The second kappa shape index (κ2) is 4.51. The average molecular weight is 248 g/mol. The van der Waals surface area contributed by atoms with Crippen LogP contribution in [0.15, 0.2) is 12.1 Å². The molecule has 0 saturated carbocycles. The molecule has 1 amide bonds. The Hall–Kier alpha value is -1.26. The zero-order valence-electron chi connectivity index (χ0n) is 7.67. The number of carboxylic acids is 1. The molecule has 0 fully saturated rings. The summed E-state index contributed by atoms with van der Waals surface area (Å²) in [6, 6.07) is 2.67. The third-order valence-electron chi connectivity index (χ3n) is 1.62. The molecule has 1 aromatic carbocycles. The van der Waals surface area contributed by atoms with Crippen molar-refractivity contribution in [3.8, 4) is 0 Å². The Balaban J connectivity index is 3.21. The van der Waals surface area contributed by atoms with Crippen LogP contribution in [0.25, 0.3) is 0 Å². The average Bonchev–Trinajstić information content (AvgIpc) is 2.12. The Kier molecular flexibility index (Phi) is 3.55. The number of carbonyl (C=O) groups is 2. The van der Waals surface area contributed by atoms with Crippen LogP contribution in [-0.4, -0.2) is 17.0 Å². The van der Waals surface area contributed by atoms with Gasteiger partial charge in [-0.05, 0) is 12.1 Å². The number of benzene rings is 1. The Bertz CT molecular complexity index is 432. The Morgan fingerprint density at radius 2 is 1.87 bits per heavy atom. The molecule has 0 unspecified atom stereocenters. The van der Waals surface area contributed by atoms with Crippen molar-refractivity contribution in [3.05, 3.63) is 27.7 Å². The number of halogens is 2. The predicted molar refractivity (Wildman–Crippen MR) is 57.7 cm³/mol. The van der Waals surface area contributed by atoms with Gasteiger partial charge in [0.15, 0.2) is 0 Å². The zero-order chi connectivity index (χ0) is 11.6. The van der Waals surface area contributed by atoms with Crippen LogP contribution in [-0.2, 0) is 4.79 Å². The SMILES string of the molecule is CC(=O)Nc1ccc(C(=O)O)c(Cl)c1Cl. The molecule has 2 N–H and O–H groups in total. The van der Waals surface area contributed by atoms with Crippen LogP contribution in [0.3, 0.4) is 0 Å². The van der Waals surface area contributed by atoms with Crippen molar-refractivity contribution < 1.29 is 14.7 Å². The number of carboxylic acid groups (broad SMARTS) is 1. The number of aromatic carboxylic acids is 1. The minimum Gasteiger partial charge on any atom is -0.478 e. The molecule has 0 bridgehead atoms. The third kappa shape index (κ3) is 2.61. The molecule has 0 saturated heterocycles. The monoisotopic (exact) mass is 247 g/mol. The highest BCUT2D eigenvalue weighted by Crippen LogP contribution is 2.32. The maximum Gasteiger partial charge on any atom is 0.337 e. The highest BCUT2D eigenvalue weighted by Gasteiger charge is 2.15. The van der Waals surface area contributed by atoms with Crippen molar-refractivity contribution in [3.63, 3.8) is 0 Å². The molecule has 80 valence electrons. The van der Waals surface area contributed by atoms with E-state index in [0.717, 1.165) is 0 Å². The number of anilines is 1. The molecule has 0 atom stereocenters. The number of carbonyl (C=O) groups excluding carboxylic acids is 1. The summed E-state index contributed by atoms with van der Waals surface area (Å²) >= 11 is 11.5. The summed E-state index contributed by atoms with van der Waals surface area (Å²) in [6.07, 6.45) is 0. The van der Waals surface area contributed by atoms with Crippen molar-refractivity contribution in [2.45, 2.75) is 6.92 Å². The molecule has 0 radical (unpaired) electrons. The van der Waals surface area contributed by atoms with E-state index < -0.39 is 5.97 Å². The molecule has 0 aliphatic heterocycles. The Morgan fingerprint density at radius 3 is 2.33 bits per heavy atom. The van der Waals surface area contributed by atoms with E-state index in [-0.39, 0.29) is 21.5 Å². The van der Waals surface area contributed by atoms with Gasteiger partial charge < -0.3 is 10.4 Å². The van der Waals surface area contributed by atoms with Crippen molar-refractivity contribution in [1.82, 2.24) is 0 Å². The molecule has 0 spiro atoms. The molecule has 0 aromatic heterocycles. The standard InChI is InChI=1S/C9H7Cl2NO3/c1-4(13)12-6-3-2-5(9(14)15)7(10)8(6)11/h2-3H,1H3,(H,12,13)(H,14,15). The highest BCUT2D eigenvalue weighted by molar-refractivity contribution is 6.45. The third-order valence-corrected chi connectivity index (χ3v) is 2.51. The van der Waals surface area contributed by atoms with E-state index in [4.69, 9.17) is 28.3 Å². The van der Waals surface area contributed by atoms with E-state index in [0.29, 0.717) is 5.69 Å².